The summed E-state index contributed by atoms with van der Waals surface area (Å²) in [6.07, 6.45) is 5.13. The van der Waals surface area contributed by atoms with Gasteiger partial charge in [-0.15, -0.1) is 0 Å². The second-order valence-corrected chi connectivity index (χ2v) is 7.57. The van der Waals surface area contributed by atoms with Gasteiger partial charge in [-0.25, -0.2) is 8.78 Å². The first-order valence-corrected chi connectivity index (χ1v) is 8.17. The minimum absolute atomic E-state index is 0.0953. The van der Waals surface area contributed by atoms with Crippen LogP contribution in [-0.4, -0.2) is 9.97 Å². The molecule has 4 aliphatic carbocycles. The van der Waals surface area contributed by atoms with Gasteiger partial charge in [-0.2, -0.15) is 13.8 Å². The predicted octanol–water partition coefficient (Wildman–Crippen LogP) is 3.51. The van der Waals surface area contributed by atoms with Gasteiger partial charge < -0.3 is 0 Å². The number of rotatable bonds is 2. The highest BCUT2D eigenvalue weighted by Crippen LogP contribution is 2.96. The Morgan fingerprint density at radius 3 is 2.00 bits per heavy atom. The molecule has 6 rings (SSSR count). The molecule has 4 aliphatic rings. The van der Waals surface area contributed by atoms with Crippen molar-refractivity contribution in [2.75, 3.05) is 0 Å². The van der Waals surface area contributed by atoms with Crippen LogP contribution < -0.4 is 0 Å². The zero-order chi connectivity index (χ0) is 16.4. The van der Waals surface area contributed by atoms with Gasteiger partial charge in [0.1, 0.15) is 0 Å². The van der Waals surface area contributed by atoms with Crippen LogP contribution in [0.3, 0.4) is 0 Å². The molecule has 0 N–H and O–H groups in total. The Morgan fingerprint density at radius 2 is 1.46 bits per heavy atom. The monoisotopic (exact) mass is 332 g/mol. The molecule has 4 saturated carbocycles. The molecular weight excluding hydrogens is 320 g/mol. The largest absolute Gasteiger partial charge is 0.264 e. The van der Waals surface area contributed by atoms with E-state index in [-0.39, 0.29) is 11.8 Å². The third kappa shape index (κ3) is 1.05. The van der Waals surface area contributed by atoms with Gasteiger partial charge in [-0.3, -0.25) is 4.98 Å². The lowest BCUT2D eigenvalue weighted by atomic mass is 9.75. The first-order valence-electron chi connectivity index (χ1n) is 8.17. The number of hydrogen-bond donors (Lipinski definition) is 0. The fourth-order valence-electron chi connectivity index (χ4n) is 6.95. The average Bonchev–Trinajstić information content (AvgIpc) is 3.38. The fraction of sp³-hybridized carbons (Fsp3) is 0.444. The van der Waals surface area contributed by atoms with Crippen LogP contribution in [0.15, 0.2) is 24.5 Å². The first-order chi connectivity index (χ1) is 11.6. The standard InChI is InChI=1S/C18H12F4N2/c19-13-12(14(20)16(22)24-15(13)21)18-10-4-8-9(5-11(10)18)17(8,18)7-2-1-3-23-6-7/h1-3,6,8-11H,4-5H2. The number of aromatic nitrogens is 2. The van der Waals surface area contributed by atoms with Crippen LogP contribution in [0.5, 0.6) is 0 Å². The van der Waals surface area contributed by atoms with Gasteiger partial charge >= 0.3 is 0 Å². The van der Waals surface area contributed by atoms with Crippen LogP contribution in [0.25, 0.3) is 0 Å². The first kappa shape index (κ1) is 13.3. The molecule has 0 bridgehead atoms. The fourth-order valence-corrected chi connectivity index (χ4v) is 6.95. The Bertz CT molecular complexity index is 869. The molecule has 2 aromatic heterocycles. The Balaban J connectivity index is 1.66. The predicted molar refractivity (Wildman–Crippen MR) is 74.9 cm³/mol. The number of fused-ring (bicyclic) bond motifs is 2. The van der Waals surface area contributed by atoms with Crippen molar-refractivity contribution >= 4 is 0 Å². The van der Waals surface area contributed by atoms with Gasteiger partial charge in [0.15, 0.2) is 11.6 Å². The highest BCUT2D eigenvalue weighted by atomic mass is 19.2. The van der Waals surface area contributed by atoms with Gasteiger partial charge in [0.2, 0.25) is 0 Å². The van der Waals surface area contributed by atoms with Crippen LogP contribution in [-0.2, 0) is 10.8 Å². The molecule has 4 fully saturated rings. The van der Waals surface area contributed by atoms with Crippen LogP contribution in [0.2, 0.25) is 0 Å². The maximum Gasteiger partial charge on any atom is 0.252 e. The van der Waals surface area contributed by atoms with E-state index in [1.54, 1.807) is 18.5 Å². The van der Waals surface area contributed by atoms with Crippen LogP contribution >= 0.6 is 0 Å². The molecule has 4 atom stereocenters. The molecule has 6 heteroatoms. The van der Waals surface area contributed by atoms with Gasteiger partial charge in [-0.05, 0) is 48.1 Å². The third-order valence-corrected chi connectivity index (χ3v) is 7.34. The zero-order valence-corrected chi connectivity index (χ0v) is 12.4. The smallest absolute Gasteiger partial charge is 0.252 e. The van der Waals surface area contributed by atoms with Crippen molar-refractivity contribution in [1.29, 1.82) is 0 Å². The Kier molecular flexibility index (Phi) is 2.03. The van der Waals surface area contributed by atoms with E-state index >= 15 is 0 Å². The highest BCUT2D eigenvalue weighted by Gasteiger charge is 2.96. The number of nitrogens with zero attached hydrogens (tertiary/aromatic N) is 2. The molecule has 0 amide bonds. The van der Waals surface area contributed by atoms with Crippen molar-refractivity contribution in [2.45, 2.75) is 23.7 Å². The second kappa shape index (κ2) is 3.65. The maximum atomic E-state index is 14.6. The summed E-state index contributed by atoms with van der Waals surface area (Å²) < 4.78 is 56.7. The molecule has 122 valence electrons. The van der Waals surface area contributed by atoms with E-state index in [9.17, 15) is 17.6 Å². The number of pyridine rings is 2. The van der Waals surface area contributed by atoms with E-state index in [0.29, 0.717) is 11.8 Å². The van der Waals surface area contributed by atoms with E-state index < -0.39 is 39.9 Å². The van der Waals surface area contributed by atoms with Crippen molar-refractivity contribution in [2.24, 2.45) is 23.7 Å². The molecule has 0 aromatic carbocycles. The molecule has 24 heavy (non-hydrogen) atoms. The van der Waals surface area contributed by atoms with E-state index in [1.807, 2.05) is 6.07 Å². The molecular formula is C18H12F4N2. The number of hydrogen-bond acceptors (Lipinski definition) is 2. The summed E-state index contributed by atoms with van der Waals surface area (Å²) in [5.41, 5.74) is -0.712. The van der Waals surface area contributed by atoms with Crippen molar-refractivity contribution in [3.05, 3.63) is 59.2 Å². The van der Waals surface area contributed by atoms with E-state index in [4.69, 9.17) is 0 Å². The van der Waals surface area contributed by atoms with Crippen molar-refractivity contribution < 1.29 is 17.6 Å². The normalized spacial score (nSPS) is 43.0. The molecule has 2 heterocycles. The summed E-state index contributed by atoms with van der Waals surface area (Å²) in [4.78, 5) is 6.90. The molecule has 2 aromatic rings. The highest BCUT2D eigenvalue weighted by molar-refractivity contribution is 5.62. The summed E-state index contributed by atoms with van der Waals surface area (Å²) in [6.45, 7) is 0. The minimum atomic E-state index is -1.55. The lowest BCUT2D eigenvalue weighted by Gasteiger charge is -2.28. The summed E-state index contributed by atoms with van der Waals surface area (Å²) in [6, 6.07) is 3.73. The van der Waals surface area contributed by atoms with Gasteiger partial charge in [0, 0.05) is 28.8 Å². The van der Waals surface area contributed by atoms with Crippen molar-refractivity contribution in [3.63, 3.8) is 0 Å². The maximum absolute atomic E-state index is 14.6. The Labute approximate surface area is 134 Å². The van der Waals surface area contributed by atoms with E-state index in [0.717, 1.165) is 18.4 Å². The molecule has 0 radical (unpaired) electrons. The lowest BCUT2D eigenvalue weighted by molar-refractivity contribution is 0.361. The van der Waals surface area contributed by atoms with Gasteiger partial charge in [-0.1, -0.05) is 6.07 Å². The SMILES string of the molecule is Fc1nc(F)c(F)c(C23C4CC5C(CC42)C53c2cccnc2)c1F. The zero-order valence-electron chi connectivity index (χ0n) is 12.4. The molecule has 4 unspecified atom stereocenters. The Morgan fingerprint density at radius 1 is 0.875 bits per heavy atom. The molecule has 0 saturated heterocycles. The van der Waals surface area contributed by atoms with Crippen LogP contribution in [0.1, 0.15) is 24.0 Å². The quantitative estimate of drug-likeness (QED) is 0.621. The summed E-state index contributed by atoms with van der Waals surface area (Å²) >= 11 is 0. The summed E-state index contributed by atoms with van der Waals surface area (Å²) in [5, 5.41) is 0. The topological polar surface area (TPSA) is 25.8 Å². The van der Waals surface area contributed by atoms with Crippen LogP contribution in [0, 0.1) is 47.2 Å². The summed E-state index contributed by atoms with van der Waals surface area (Å²) in [7, 11) is 0. The van der Waals surface area contributed by atoms with Gasteiger partial charge in [0.05, 0.1) is 0 Å². The second-order valence-electron chi connectivity index (χ2n) is 7.57. The molecule has 0 spiro atoms. The van der Waals surface area contributed by atoms with Crippen molar-refractivity contribution in [1.82, 2.24) is 9.97 Å². The molecule has 2 nitrogen and oxygen atoms in total. The Hall–Kier alpha value is -1.98. The average molecular weight is 332 g/mol. The summed E-state index contributed by atoms with van der Waals surface area (Å²) in [5.74, 6) is -4.89. The number of halogens is 4. The third-order valence-electron chi connectivity index (χ3n) is 7.34. The minimum Gasteiger partial charge on any atom is -0.264 e. The van der Waals surface area contributed by atoms with E-state index in [2.05, 4.69) is 9.97 Å². The van der Waals surface area contributed by atoms with E-state index in [1.165, 1.54) is 0 Å². The lowest BCUT2D eigenvalue weighted by Crippen LogP contribution is -2.31. The van der Waals surface area contributed by atoms with Crippen LogP contribution in [0.4, 0.5) is 17.6 Å². The molecule has 0 aliphatic heterocycles. The van der Waals surface area contributed by atoms with Gasteiger partial charge in [0.25, 0.3) is 11.9 Å². The van der Waals surface area contributed by atoms with Crippen molar-refractivity contribution in [3.8, 4) is 0 Å².